The molecule has 0 bridgehead atoms. The van der Waals surface area contributed by atoms with Gasteiger partial charge < -0.3 is 10.6 Å². The van der Waals surface area contributed by atoms with Crippen molar-refractivity contribution >= 4 is 45.2 Å². The minimum absolute atomic E-state index is 0.0404. The molecule has 0 atom stereocenters. The Morgan fingerprint density at radius 1 is 1.21 bits per heavy atom. The van der Waals surface area contributed by atoms with E-state index in [2.05, 4.69) is 17.6 Å². The summed E-state index contributed by atoms with van der Waals surface area (Å²) in [6.07, 6.45) is 3.89. The van der Waals surface area contributed by atoms with Crippen LogP contribution in [0.15, 0.2) is 23.1 Å². The molecule has 1 spiro atoms. The SMILES string of the molecule is CCC1CCC2(CC1)NC(=O)N(CC(=O)Nc1ccc(Cl)c(S(=O)(=O)N(CC)CC)c1)C2=O. The Hall–Kier alpha value is -2.17. The smallest absolute Gasteiger partial charge is 0.324 e. The molecule has 11 heteroatoms. The molecular weight excluding hydrogens is 468 g/mol. The van der Waals surface area contributed by atoms with Crippen LogP contribution in [0, 0.1) is 5.92 Å². The van der Waals surface area contributed by atoms with E-state index in [0.717, 1.165) is 24.2 Å². The van der Waals surface area contributed by atoms with Crippen LogP contribution in [0.4, 0.5) is 10.5 Å². The molecule has 2 N–H and O–H groups in total. The van der Waals surface area contributed by atoms with E-state index in [1.807, 2.05) is 0 Å². The van der Waals surface area contributed by atoms with Crippen molar-refractivity contribution < 1.29 is 22.8 Å². The average Bonchev–Trinajstić information content (AvgIpc) is 3.00. The monoisotopic (exact) mass is 498 g/mol. The Balaban J connectivity index is 1.71. The minimum Gasteiger partial charge on any atom is -0.324 e. The van der Waals surface area contributed by atoms with Gasteiger partial charge in [-0.05, 0) is 49.8 Å². The van der Waals surface area contributed by atoms with Crippen molar-refractivity contribution in [3.05, 3.63) is 23.2 Å². The molecule has 2 fully saturated rings. The predicted octanol–water partition coefficient (Wildman–Crippen LogP) is 3.20. The molecule has 9 nitrogen and oxygen atoms in total. The number of carbonyl (C=O) groups excluding carboxylic acids is 3. The number of nitrogens with zero attached hydrogens (tertiary/aromatic N) is 2. The maximum Gasteiger partial charge on any atom is 0.325 e. The molecule has 1 saturated carbocycles. The van der Waals surface area contributed by atoms with Gasteiger partial charge >= 0.3 is 6.03 Å². The number of nitrogens with one attached hydrogen (secondary N) is 2. The highest BCUT2D eigenvalue weighted by atomic mass is 35.5. The lowest BCUT2D eigenvalue weighted by molar-refractivity contribution is -0.135. The number of halogens is 1. The number of carbonyl (C=O) groups is 3. The number of hydrogen-bond acceptors (Lipinski definition) is 5. The molecule has 1 aliphatic heterocycles. The highest BCUT2D eigenvalue weighted by Gasteiger charge is 2.52. The zero-order valence-electron chi connectivity index (χ0n) is 19.2. The number of anilines is 1. The summed E-state index contributed by atoms with van der Waals surface area (Å²) in [5.41, 5.74) is -0.714. The predicted molar refractivity (Wildman–Crippen MR) is 125 cm³/mol. The second kappa shape index (κ2) is 9.99. The van der Waals surface area contributed by atoms with E-state index in [0.29, 0.717) is 18.8 Å². The van der Waals surface area contributed by atoms with E-state index < -0.39 is 34.0 Å². The van der Waals surface area contributed by atoms with Gasteiger partial charge in [0, 0.05) is 18.8 Å². The van der Waals surface area contributed by atoms with Crippen LogP contribution in [0.5, 0.6) is 0 Å². The molecule has 4 amide bonds. The highest BCUT2D eigenvalue weighted by Crippen LogP contribution is 2.37. The highest BCUT2D eigenvalue weighted by molar-refractivity contribution is 7.89. The number of urea groups is 1. The molecule has 0 unspecified atom stereocenters. The Morgan fingerprint density at radius 2 is 1.85 bits per heavy atom. The normalized spacial score (nSPS) is 23.3. The lowest BCUT2D eigenvalue weighted by Gasteiger charge is -2.34. The van der Waals surface area contributed by atoms with E-state index in [9.17, 15) is 22.8 Å². The zero-order chi connectivity index (χ0) is 24.4. The van der Waals surface area contributed by atoms with Crippen molar-refractivity contribution in [2.24, 2.45) is 5.92 Å². The van der Waals surface area contributed by atoms with Crippen LogP contribution in [0.1, 0.15) is 52.9 Å². The molecule has 3 rings (SSSR count). The van der Waals surface area contributed by atoms with E-state index >= 15 is 0 Å². The topological polar surface area (TPSA) is 116 Å². The third-order valence-electron chi connectivity index (χ3n) is 6.62. The fraction of sp³-hybridized carbons (Fsp3) is 0.591. The number of sulfonamides is 1. The number of amides is 4. The summed E-state index contributed by atoms with van der Waals surface area (Å²) < 4.78 is 27.0. The van der Waals surface area contributed by atoms with Gasteiger partial charge in [-0.2, -0.15) is 4.31 Å². The van der Waals surface area contributed by atoms with Gasteiger partial charge in [0.15, 0.2) is 0 Å². The molecule has 1 aromatic rings. The van der Waals surface area contributed by atoms with Gasteiger partial charge in [0.2, 0.25) is 15.9 Å². The first-order valence-corrected chi connectivity index (χ1v) is 13.1. The van der Waals surface area contributed by atoms with E-state index in [1.54, 1.807) is 13.8 Å². The van der Waals surface area contributed by atoms with Gasteiger partial charge in [-0.1, -0.05) is 38.8 Å². The summed E-state index contributed by atoms with van der Waals surface area (Å²) in [7, 11) is -3.83. The zero-order valence-corrected chi connectivity index (χ0v) is 20.8. The molecule has 33 heavy (non-hydrogen) atoms. The summed E-state index contributed by atoms with van der Waals surface area (Å²) in [6.45, 7) is 5.66. The van der Waals surface area contributed by atoms with Gasteiger partial charge in [0.25, 0.3) is 5.91 Å². The van der Waals surface area contributed by atoms with E-state index in [1.165, 1.54) is 22.5 Å². The molecule has 1 saturated heterocycles. The number of rotatable bonds is 8. The van der Waals surface area contributed by atoms with Gasteiger partial charge in [-0.3, -0.25) is 14.5 Å². The summed E-state index contributed by atoms with van der Waals surface area (Å²) in [4.78, 5) is 38.9. The maximum absolute atomic E-state index is 13.0. The molecule has 182 valence electrons. The summed E-state index contributed by atoms with van der Waals surface area (Å²) in [5, 5.41) is 5.42. The third-order valence-corrected chi connectivity index (χ3v) is 9.15. The van der Waals surface area contributed by atoms with Crippen LogP contribution in [0.25, 0.3) is 0 Å². The van der Waals surface area contributed by atoms with Gasteiger partial charge in [-0.15, -0.1) is 0 Å². The van der Waals surface area contributed by atoms with Crippen molar-refractivity contribution in [2.45, 2.75) is 63.3 Å². The Bertz CT molecular complexity index is 1030. The van der Waals surface area contributed by atoms with Crippen LogP contribution in [0.2, 0.25) is 5.02 Å². The molecule has 0 aromatic heterocycles. The van der Waals surface area contributed by atoms with Gasteiger partial charge in [-0.25, -0.2) is 13.2 Å². The molecule has 1 aliphatic carbocycles. The van der Waals surface area contributed by atoms with E-state index in [4.69, 9.17) is 11.6 Å². The number of benzene rings is 1. The minimum atomic E-state index is -3.83. The standard InChI is InChI=1S/C22H31ClN4O5S/c1-4-15-9-11-22(12-10-15)20(29)27(21(30)25-22)14-19(28)24-16-7-8-17(23)18(13-16)33(31,32)26(5-2)6-3/h7-8,13,15H,4-6,9-12,14H2,1-3H3,(H,24,28)(H,25,30). The second-order valence-corrected chi connectivity index (χ2v) is 10.9. The summed E-state index contributed by atoms with van der Waals surface area (Å²) in [6, 6.07) is 3.57. The fourth-order valence-electron chi connectivity index (χ4n) is 4.56. The first-order chi connectivity index (χ1) is 15.6. The van der Waals surface area contributed by atoms with Crippen LogP contribution in [0.3, 0.4) is 0 Å². The first kappa shape index (κ1) is 25.5. The quantitative estimate of drug-likeness (QED) is 0.534. The van der Waals surface area contributed by atoms with Gasteiger partial charge in [0.1, 0.15) is 17.0 Å². The molecular formula is C22H31ClN4O5S. The largest absolute Gasteiger partial charge is 0.325 e. The number of imide groups is 1. The first-order valence-electron chi connectivity index (χ1n) is 11.3. The van der Waals surface area contributed by atoms with Crippen LogP contribution in [-0.2, 0) is 19.6 Å². The average molecular weight is 499 g/mol. The summed E-state index contributed by atoms with van der Waals surface area (Å²) >= 11 is 6.13. The molecule has 1 aromatic carbocycles. The van der Waals surface area contributed by atoms with E-state index in [-0.39, 0.29) is 34.6 Å². The van der Waals surface area contributed by atoms with Crippen molar-refractivity contribution in [1.82, 2.24) is 14.5 Å². The maximum atomic E-state index is 13.0. The van der Waals surface area contributed by atoms with Crippen molar-refractivity contribution in [3.8, 4) is 0 Å². The number of hydrogen-bond donors (Lipinski definition) is 2. The molecule has 2 aliphatic rings. The van der Waals surface area contributed by atoms with Crippen molar-refractivity contribution in [1.29, 1.82) is 0 Å². The fourth-order valence-corrected chi connectivity index (χ4v) is 6.52. The Kier molecular flexibility index (Phi) is 7.70. The van der Waals surface area contributed by atoms with Crippen molar-refractivity contribution in [3.63, 3.8) is 0 Å². The van der Waals surface area contributed by atoms with Crippen molar-refractivity contribution in [2.75, 3.05) is 25.0 Å². The van der Waals surface area contributed by atoms with Crippen LogP contribution in [-0.4, -0.2) is 60.6 Å². The Morgan fingerprint density at radius 3 is 2.42 bits per heavy atom. The second-order valence-electron chi connectivity index (χ2n) is 8.54. The lowest BCUT2D eigenvalue weighted by atomic mass is 9.75. The third kappa shape index (κ3) is 5.02. The molecule has 1 heterocycles. The van der Waals surface area contributed by atoms with Crippen LogP contribution >= 0.6 is 11.6 Å². The van der Waals surface area contributed by atoms with Gasteiger partial charge in [0.05, 0.1) is 5.02 Å². The summed E-state index contributed by atoms with van der Waals surface area (Å²) in [5.74, 6) is -0.436. The van der Waals surface area contributed by atoms with Crippen LogP contribution < -0.4 is 10.6 Å². The molecule has 0 radical (unpaired) electrons. The lowest BCUT2D eigenvalue weighted by Crippen LogP contribution is -2.49. The Labute approximate surface area is 199 Å².